The first-order valence-corrected chi connectivity index (χ1v) is 7.54. The Kier molecular flexibility index (Phi) is 4.27. The number of phenols is 1. The van der Waals surface area contributed by atoms with E-state index in [9.17, 15) is 14.6 Å². The average molecular weight is 324 g/mol. The Bertz CT molecular complexity index is 830. The lowest BCUT2D eigenvalue weighted by atomic mass is 9.79. The topological polar surface area (TPSA) is 65.2 Å². The van der Waals surface area contributed by atoms with Gasteiger partial charge in [-0.25, -0.2) is 4.39 Å². The molecule has 0 fully saturated rings. The number of nitrogens with zero attached hydrogens (tertiary/aromatic N) is 2. The molecule has 1 aliphatic carbocycles. The minimum Gasteiger partial charge on any atom is -0.506 e. The van der Waals surface area contributed by atoms with Gasteiger partial charge in [0.25, 0.3) is 0 Å². The van der Waals surface area contributed by atoms with Gasteiger partial charge in [-0.2, -0.15) is 10.2 Å². The molecule has 1 aliphatic rings. The highest BCUT2D eigenvalue weighted by atomic mass is 19.1. The molecule has 0 bridgehead atoms. The molecule has 24 heavy (non-hydrogen) atoms. The van der Waals surface area contributed by atoms with Crippen molar-refractivity contribution in [3.63, 3.8) is 0 Å². The molecule has 0 aliphatic heterocycles. The van der Waals surface area contributed by atoms with Crippen LogP contribution in [0.2, 0.25) is 0 Å². The molecular weight excluding hydrogens is 307 g/mol. The van der Waals surface area contributed by atoms with Gasteiger partial charge in [-0.05, 0) is 42.3 Å². The third-order valence-electron chi connectivity index (χ3n) is 4.01. The molecule has 0 radical (unpaired) electrons. The van der Waals surface area contributed by atoms with E-state index in [-0.39, 0.29) is 11.4 Å². The number of aromatic hydroxyl groups is 1. The molecular formula is C19H17FN2O2. The normalized spacial score (nSPS) is 23.9. The largest absolute Gasteiger partial charge is 0.506 e. The van der Waals surface area contributed by atoms with Crippen molar-refractivity contribution in [2.45, 2.75) is 18.6 Å². The van der Waals surface area contributed by atoms with E-state index in [4.69, 9.17) is 0 Å². The van der Waals surface area contributed by atoms with E-state index in [1.54, 1.807) is 49.4 Å². The van der Waals surface area contributed by atoms with Gasteiger partial charge in [0.1, 0.15) is 23.4 Å². The number of phenolic OH excluding ortho intramolecular Hbond substituents is 1. The van der Waals surface area contributed by atoms with Crippen molar-refractivity contribution in [1.82, 2.24) is 0 Å². The Labute approximate surface area is 139 Å². The second-order valence-corrected chi connectivity index (χ2v) is 5.70. The Morgan fingerprint density at radius 1 is 1.04 bits per heavy atom. The third kappa shape index (κ3) is 2.86. The van der Waals surface area contributed by atoms with Gasteiger partial charge in [-0.1, -0.05) is 42.5 Å². The standard InChI is InChI=1S/C19H17FN2O2/c1-13-11-15(20)12-19(18(13)24,14-7-3-2-4-8-14)22-21-16-9-5-6-10-17(16)23/h2-12,18,23-24H,1H3. The highest BCUT2D eigenvalue weighted by Crippen LogP contribution is 2.41. The van der Waals surface area contributed by atoms with Crippen LogP contribution < -0.4 is 0 Å². The molecule has 0 saturated heterocycles. The van der Waals surface area contributed by atoms with Gasteiger partial charge in [0.2, 0.25) is 0 Å². The fourth-order valence-corrected chi connectivity index (χ4v) is 2.75. The van der Waals surface area contributed by atoms with Gasteiger partial charge in [0.15, 0.2) is 5.54 Å². The van der Waals surface area contributed by atoms with Crippen molar-refractivity contribution in [2.24, 2.45) is 10.2 Å². The number of benzene rings is 2. The lowest BCUT2D eigenvalue weighted by Crippen LogP contribution is -2.38. The molecule has 2 aromatic carbocycles. The van der Waals surface area contributed by atoms with Crippen LogP contribution >= 0.6 is 0 Å². The number of hydrogen-bond donors (Lipinski definition) is 2. The van der Waals surface area contributed by atoms with Gasteiger partial charge in [0.05, 0.1) is 0 Å². The maximum absolute atomic E-state index is 14.1. The number of azo groups is 1. The summed E-state index contributed by atoms with van der Waals surface area (Å²) in [4.78, 5) is 0. The molecule has 122 valence electrons. The van der Waals surface area contributed by atoms with Crippen LogP contribution in [0, 0.1) is 0 Å². The molecule has 0 amide bonds. The van der Waals surface area contributed by atoms with Gasteiger partial charge >= 0.3 is 0 Å². The maximum Gasteiger partial charge on any atom is 0.158 e. The Morgan fingerprint density at radius 3 is 2.42 bits per heavy atom. The highest BCUT2D eigenvalue weighted by molar-refractivity contribution is 5.50. The molecule has 4 nitrogen and oxygen atoms in total. The monoisotopic (exact) mass is 324 g/mol. The maximum atomic E-state index is 14.1. The minimum atomic E-state index is -1.38. The van der Waals surface area contributed by atoms with E-state index >= 15 is 0 Å². The van der Waals surface area contributed by atoms with Crippen LogP contribution in [0.25, 0.3) is 0 Å². The van der Waals surface area contributed by atoms with Gasteiger partial charge < -0.3 is 10.2 Å². The first kappa shape index (κ1) is 16.1. The quantitative estimate of drug-likeness (QED) is 0.814. The van der Waals surface area contributed by atoms with Crippen molar-refractivity contribution < 1.29 is 14.6 Å². The second-order valence-electron chi connectivity index (χ2n) is 5.70. The van der Waals surface area contributed by atoms with E-state index in [0.29, 0.717) is 11.1 Å². The SMILES string of the molecule is CC1=CC(F)=CC(N=Nc2ccccc2O)(c2ccccc2)C1O. The summed E-state index contributed by atoms with van der Waals surface area (Å²) in [6.45, 7) is 1.64. The van der Waals surface area contributed by atoms with Crippen molar-refractivity contribution in [2.75, 3.05) is 0 Å². The first-order valence-electron chi connectivity index (χ1n) is 7.54. The van der Waals surface area contributed by atoms with Crippen molar-refractivity contribution in [1.29, 1.82) is 0 Å². The fourth-order valence-electron chi connectivity index (χ4n) is 2.75. The molecule has 0 aromatic heterocycles. The molecule has 0 saturated carbocycles. The zero-order chi connectivity index (χ0) is 17.2. The van der Waals surface area contributed by atoms with E-state index < -0.39 is 17.5 Å². The third-order valence-corrected chi connectivity index (χ3v) is 4.01. The number of aliphatic hydroxyl groups excluding tert-OH is 1. The van der Waals surface area contributed by atoms with E-state index in [1.807, 2.05) is 6.07 Å². The number of allylic oxidation sites excluding steroid dienone is 2. The second kappa shape index (κ2) is 6.37. The first-order chi connectivity index (χ1) is 11.5. The predicted molar refractivity (Wildman–Crippen MR) is 89.7 cm³/mol. The smallest absolute Gasteiger partial charge is 0.158 e. The van der Waals surface area contributed by atoms with Crippen LogP contribution in [0.4, 0.5) is 10.1 Å². The van der Waals surface area contributed by atoms with E-state index in [1.165, 1.54) is 18.2 Å². The van der Waals surface area contributed by atoms with Crippen LogP contribution in [0.3, 0.4) is 0 Å². The van der Waals surface area contributed by atoms with Gasteiger partial charge in [-0.15, -0.1) is 0 Å². The zero-order valence-electron chi connectivity index (χ0n) is 13.1. The van der Waals surface area contributed by atoms with E-state index in [0.717, 1.165) is 0 Å². The number of halogens is 1. The summed E-state index contributed by atoms with van der Waals surface area (Å²) >= 11 is 0. The summed E-state index contributed by atoms with van der Waals surface area (Å²) in [6.07, 6.45) is 1.47. The van der Waals surface area contributed by atoms with Crippen molar-refractivity contribution >= 4 is 5.69 Å². The summed E-state index contributed by atoms with van der Waals surface area (Å²) in [5, 5.41) is 28.9. The summed E-state index contributed by atoms with van der Waals surface area (Å²) in [5.41, 5.74) is -0.0673. The van der Waals surface area contributed by atoms with Gasteiger partial charge in [-0.3, -0.25) is 0 Å². The molecule has 2 aromatic rings. The minimum absolute atomic E-state index is 0.0357. The molecule has 2 atom stereocenters. The summed E-state index contributed by atoms with van der Waals surface area (Å²) in [7, 11) is 0. The van der Waals surface area contributed by atoms with E-state index in [2.05, 4.69) is 10.2 Å². The Morgan fingerprint density at radius 2 is 1.71 bits per heavy atom. The van der Waals surface area contributed by atoms with Crippen molar-refractivity contribution in [3.05, 3.63) is 83.7 Å². The zero-order valence-corrected chi connectivity index (χ0v) is 13.1. The molecule has 3 rings (SSSR count). The number of hydrogen-bond acceptors (Lipinski definition) is 4. The van der Waals surface area contributed by atoms with Crippen LogP contribution in [0.15, 0.2) is 88.4 Å². The van der Waals surface area contributed by atoms with Gasteiger partial charge in [0, 0.05) is 0 Å². The molecule has 2 unspecified atom stereocenters. The molecule has 2 N–H and O–H groups in total. The van der Waals surface area contributed by atoms with Crippen LogP contribution in [0.1, 0.15) is 12.5 Å². The summed E-state index contributed by atoms with van der Waals surface area (Å²) in [5.74, 6) is -0.524. The summed E-state index contributed by atoms with van der Waals surface area (Å²) < 4.78 is 14.1. The predicted octanol–water partition coefficient (Wildman–Crippen LogP) is 4.55. The van der Waals surface area contributed by atoms with Crippen LogP contribution in [0.5, 0.6) is 5.75 Å². The number of para-hydroxylation sites is 1. The van der Waals surface area contributed by atoms with Crippen molar-refractivity contribution in [3.8, 4) is 5.75 Å². The van der Waals surface area contributed by atoms with Crippen LogP contribution in [-0.2, 0) is 5.54 Å². The molecule has 0 spiro atoms. The summed E-state index contributed by atoms with van der Waals surface area (Å²) in [6, 6.07) is 15.4. The molecule has 5 heteroatoms. The fraction of sp³-hybridized carbons (Fsp3) is 0.158. The lowest BCUT2D eigenvalue weighted by molar-refractivity contribution is 0.135. The number of aliphatic hydroxyl groups is 1. The highest BCUT2D eigenvalue weighted by Gasteiger charge is 2.42. The lowest BCUT2D eigenvalue weighted by Gasteiger charge is -2.34. The average Bonchev–Trinajstić information content (AvgIpc) is 2.59. The number of rotatable bonds is 3. The van der Waals surface area contributed by atoms with Crippen LogP contribution in [-0.4, -0.2) is 16.3 Å². The molecule has 0 heterocycles. The Balaban J connectivity index is 2.14. The Hall–Kier alpha value is -2.79.